The van der Waals surface area contributed by atoms with E-state index in [9.17, 15) is 9.18 Å². The zero-order chi connectivity index (χ0) is 11.4. The highest BCUT2D eigenvalue weighted by atomic mass is 79.9. The fourth-order valence-electron chi connectivity index (χ4n) is 1.12. The number of rotatable bonds is 3. The van der Waals surface area contributed by atoms with Crippen molar-refractivity contribution in [1.82, 2.24) is 0 Å². The Labute approximate surface area is 104 Å². The molecule has 1 aromatic rings. The summed E-state index contributed by atoms with van der Waals surface area (Å²) in [6.07, 6.45) is -1.13. The highest BCUT2D eigenvalue weighted by Crippen LogP contribution is 2.25. The van der Waals surface area contributed by atoms with Crippen molar-refractivity contribution in [3.05, 3.63) is 33.8 Å². The Morgan fingerprint density at radius 1 is 1.53 bits per heavy atom. The van der Waals surface area contributed by atoms with E-state index in [4.69, 9.17) is 0 Å². The monoisotopic (exact) mass is 338 g/mol. The maximum Gasteiger partial charge on any atom is 0.337 e. The molecular formula is C10H9Br2FO2. The summed E-state index contributed by atoms with van der Waals surface area (Å²) in [5, 5.41) is 0.198. The predicted octanol–water partition coefficient (Wildman–Crippen LogP) is 3.64. The SMILES string of the molecule is COC(=O)c1cc(Br)cc(C(F)CBr)c1. The van der Waals surface area contributed by atoms with E-state index >= 15 is 0 Å². The van der Waals surface area contributed by atoms with Crippen LogP contribution in [0.2, 0.25) is 0 Å². The highest BCUT2D eigenvalue weighted by Gasteiger charge is 2.13. The smallest absolute Gasteiger partial charge is 0.337 e. The molecule has 0 saturated heterocycles. The molecule has 0 saturated carbocycles. The van der Waals surface area contributed by atoms with Crippen LogP contribution in [0.15, 0.2) is 22.7 Å². The van der Waals surface area contributed by atoms with E-state index in [1.165, 1.54) is 13.2 Å². The van der Waals surface area contributed by atoms with Gasteiger partial charge in [0, 0.05) is 9.80 Å². The molecule has 1 rings (SSSR count). The Bertz CT molecular complexity index is 368. The summed E-state index contributed by atoms with van der Waals surface area (Å²) in [7, 11) is 1.29. The van der Waals surface area contributed by atoms with Gasteiger partial charge in [-0.2, -0.15) is 0 Å². The van der Waals surface area contributed by atoms with Crippen LogP contribution in [0.3, 0.4) is 0 Å². The van der Waals surface area contributed by atoms with Crippen LogP contribution < -0.4 is 0 Å². The molecule has 1 unspecified atom stereocenters. The third-order valence-corrected chi connectivity index (χ3v) is 2.86. The molecule has 0 aromatic heterocycles. The van der Waals surface area contributed by atoms with E-state index in [-0.39, 0.29) is 5.33 Å². The van der Waals surface area contributed by atoms with E-state index in [1.807, 2.05) is 0 Å². The average molecular weight is 340 g/mol. The number of carbonyl (C=O) groups is 1. The molecule has 1 atom stereocenters. The third kappa shape index (κ3) is 3.28. The molecule has 0 aliphatic rings. The molecule has 0 spiro atoms. The summed E-state index contributed by atoms with van der Waals surface area (Å²) < 4.78 is 18.6. The highest BCUT2D eigenvalue weighted by molar-refractivity contribution is 9.10. The number of ether oxygens (including phenoxy) is 1. The number of esters is 1. The Balaban J connectivity index is 3.10. The van der Waals surface area contributed by atoms with E-state index < -0.39 is 12.1 Å². The second-order valence-electron chi connectivity index (χ2n) is 2.89. The van der Waals surface area contributed by atoms with Crippen LogP contribution in [0.4, 0.5) is 4.39 Å². The molecule has 0 aliphatic carbocycles. The van der Waals surface area contributed by atoms with Gasteiger partial charge in [-0.1, -0.05) is 31.9 Å². The number of alkyl halides is 2. The first kappa shape index (κ1) is 12.6. The molecule has 0 amide bonds. The molecule has 0 radical (unpaired) electrons. The largest absolute Gasteiger partial charge is 0.465 e. The lowest BCUT2D eigenvalue weighted by atomic mass is 10.1. The number of hydrogen-bond donors (Lipinski definition) is 0. The van der Waals surface area contributed by atoms with Crippen LogP contribution in [0.5, 0.6) is 0 Å². The first-order valence-corrected chi connectivity index (χ1v) is 6.08. The Morgan fingerprint density at radius 2 is 2.20 bits per heavy atom. The summed E-state index contributed by atoms with van der Waals surface area (Å²) in [6.45, 7) is 0. The lowest BCUT2D eigenvalue weighted by Crippen LogP contribution is -2.03. The van der Waals surface area contributed by atoms with Crippen molar-refractivity contribution in [3.8, 4) is 0 Å². The van der Waals surface area contributed by atoms with Gasteiger partial charge in [0.2, 0.25) is 0 Å². The zero-order valence-corrected chi connectivity index (χ0v) is 11.1. The molecule has 0 heterocycles. The van der Waals surface area contributed by atoms with E-state index in [2.05, 4.69) is 36.6 Å². The fourth-order valence-corrected chi connectivity index (χ4v) is 2.00. The minimum atomic E-state index is -1.13. The van der Waals surface area contributed by atoms with E-state index in [1.54, 1.807) is 12.1 Å². The van der Waals surface area contributed by atoms with Gasteiger partial charge in [0.05, 0.1) is 12.7 Å². The molecule has 1 aromatic carbocycles. The normalized spacial score (nSPS) is 12.3. The van der Waals surface area contributed by atoms with E-state index in [0.717, 1.165) is 0 Å². The maximum atomic E-state index is 13.4. The molecule has 2 nitrogen and oxygen atoms in total. The molecule has 0 aliphatic heterocycles. The molecule has 15 heavy (non-hydrogen) atoms. The van der Waals surface area contributed by atoms with Gasteiger partial charge in [-0.3, -0.25) is 0 Å². The van der Waals surface area contributed by atoms with Crippen LogP contribution >= 0.6 is 31.9 Å². The molecule has 5 heteroatoms. The van der Waals surface area contributed by atoms with E-state index in [0.29, 0.717) is 15.6 Å². The van der Waals surface area contributed by atoms with Crippen molar-refractivity contribution in [2.24, 2.45) is 0 Å². The number of hydrogen-bond acceptors (Lipinski definition) is 2. The van der Waals surface area contributed by atoms with Crippen LogP contribution in [-0.2, 0) is 4.74 Å². The third-order valence-electron chi connectivity index (χ3n) is 1.84. The van der Waals surface area contributed by atoms with Crippen molar-refractivity contribution < 1.29 is 13.9 Å². The number of benzene rings is 1. The second-order valence-corrected chi connectivity index (χ2v) is 4.45. The molecule has 82 valence electrons. The standard InChI is InChI=1S/C10H9Br2FO2/c1-15-10(14)7-2-6(9(13)5-11)3-8(12)4-7/h2-4,9H,5H2,1H3. The Morgan fingerprint density at radius 3 is 2.73 bits per heavy atom. The molecule has 0 bridgehead atoms. The van der Waals surface area contributed by atoms with Crippen molar-refractivity contribution in [3.63, 3.8) is 0 Å². The van der Waals surface area contributed by atoms with Crippen LogP contribution in [0, 0.1) is 0 Å². The first-order chi connectivity index (χ1) is 7.08. The van der Waals surface area contributed by atoms with Gasteiger partial charge in [0.15, 0.2) is 0 Å². The van der Waals surface area contributed by atoms with Gasteiger partial charge in [-0.15, -0.1) is 0 Å². The van der Waals surface area contributed by atoms with Gasteiger partial charge < -0.3 is 4.74 Å². The lowest BCUT2D eigenvalue weighted by Gasteiger charge is -2.07. The van der Waals surface area contributed by atoms with Crippen LogP contribution in [-0.4, -0.2) is 18.4 Å². The predicted molar refractivity (Wildman–Crippen MR) is 63.1 cm³/mol. The molecular weight excluding hydrogens is 331 g/mol. The minimum absolute atomic E-state index is 0.198. The Kier molecular flexibility index (Phi) is 4.73. The second kappa shape index (κ2) is 5.61. The number of carbonyl (C=O) groups excluding carboxylic acids is 1. The lowest BCUT2D eigenvalue weighted by molar-refractivity contribution is 0.0600. The van der Waals surface area contributed by atoms with Gasteiger partial charge in [-0.05, 0) is 23.8 Å². The molecule has 0 N–H and O–H groups in total. The summed E-state index contributed by atoms with van der Waals surface area (Å²) in [6, 6.07) is 4.72. The van der Waals surface area contributed by atoms with Crippen LogP contribution in [0.25, 0.3) is 0 Å². The van der Waals surface area contributed by atoms with Gasteiger partial charge >= 0.3 is 5.97 Å². The topological polar surface area (TPSA) is 26.3 Å². The van der Waals surface area contributed by atoms with Crippen molar-refractivity contribution >= 4 is 37.8 Å². The van der Waals surface area contributed by atoms with Crippen LogP contribution in [0.1, 0.15) is 22.1 Å². The maximum absolute atomic E-state index is 13.4. The summed E-state index contributed by atoms with van der Waals surface area (Å²) in [4.78, 5) is 11.3. The summed E-state index contributed by atoms with van der Waals surface area (Å²) >= 11 is 6.27. The van der Waals surface area contributed by atoms with Gasteiger partial charge in [-0.25, -0.2) is 9.18 Å². The van der Waals surface area contributed by atoms with Crippen molar-refractivity contribution in [2.75, 3.05) is 12.4 Å². The van der Waals surface area contributed by atoms with Gasteiger partial charge in [0.25, 0.3) is 0 Å². The van der Waals surface area contributed by atoms with Gasteiger partial charge in [0.1, 0.15) is 6.17 Å². The number of halogens is 3. The average Bonchev–Trinajstić information content (AvgIpc) is 2.26. The fraction of sp³-hybridized carbons (Fsp3) is 0.300. The summed E-state index contributed by atoms with van der Waals surface area (Å²) in [5.41, 5.74) is 0.784. The van der Waals surface area contributed by atoms with Crippen molar-refractivity contribution in [1.29, 1.82) is 0 Å². The number of methoxy groups -OCH3 is 1. The minimum Gasteiger partial charge on any atom is -0.465 e. The summed E-state index contributed by atoms with van der Waals surface area (Å²) in [5.74, 6) is -0.473. The first-order valence-electron chi connectivity index (χ1n) is 4.17. The van der Waals surface area contributed by atoms with Crippen molar-refractivity contribution in [2.45, 2.75) is 6.17 Å². The molecule has 0 fully saturated rings. The zero-order valence-electron chi connectivity index (χ0n) is 7.97. The Hall–Kier alpha value is -0.420. The quantitative estimate of drug-likeness (QED) is 0.620.